The topological polar surface area (TPSA) is 57.3 Å². The molecule has 2 aromatic rings. The fraction of sp³-hybridized carbons (Fsp3) is 0.333. The molecule has 24 heavy (non-hydrogen) atoms. The minimum absolute atomic E-state index is 0.310. The van der Waals surface area contributed by atoms with Crippen LogP contribution in [-0.2, 0) is 6.54 Å². The van der Waals surface area contributed by atoms with E-state index in [1.165, 1.54) is 6.07 Å². The maximum Gasteiger partial charge on any atom is 0.319 e. The van der Waals surface area contributed by atoms with Gasteiger partial charge >= 0.3 is 6.03 Å². The summed E-state index contributed by atoms with van der Waals surface area (Å²) in [5, 5.41) is 5.37. The van der Waals surface area contributed by atoms with Crippen molar-refractivity contribution in [3.05, 3.63) is 53.6 Å². The quantitative estimate of drug-likeness (QED) is 0.904. The number of hydrogen-bond donors (Lipinski definition) is 2. The molecule has 1 aromatic carbocycles. The van der Waals surface area contributed by atoms with Crippen molar-refractivity contribution in [1.82, 2.24) is 10.3 Å². The Morgan fingerprint density at radius 1 is 1.25 bits per heavy atom. The average molecular weight is 328 g/mol. The number of nitrogens with one attached hydrogen (secondary N) is 2. The number of nitrogens with zero attached hydrogens (tertiary/aromatic N) is 2. The molecule has 0 spiro atoms. The first-order valence-electron chi connectivity index (χ1n) is 8.14. The van der Waals surface area contributed by atoms with Gasteiger partial charge in [-0.25, -0.2) is 9.18 Å². The zero-order chi connectivity index (χ0) is 16.9. The van der Waals surface area contributed by atoms with Crippen LogP contribution in [0.2, 0.25) is 0 Å². The van der Waals surface area contributed by atoms with Crippen molar-refractivity contribution in [3.8, 4) is 0 Å². The smallest absolute Gasteiger partial charge is 0.319 e. The number of pyridine rings is 1. The number of urea groups is 1. The number of carbonyl (C=O) groups excluding carboxylic acids is 1. The molecule has 2 heterocycles. The van der Waals surface area contributed by atoms with E-state index in [0.29, 0.717) is 17.9 Å². The van der Waals surface area contributed by atoms with Crippen molar-refractivity contribution in [1.29, 1.82) is 0 Å². The van der Waals surface area contributed by atoms with Gasteiger partial charge in [-0.15, -0.1) is 0 Å². The molecular weight excluding hydrogens is 307 g/mol. The Labute approximate surface area is 140 Å². The second kappa shape index (κ2) is 7.29. The van der Waals surface area contributed by atoms with E-state index in [-0.39, 0.29) is 11.8 Å². The van der Waals surface area contributed by atoms with Crippen molar-refractivity contribution in [2.24, 2.45) is 0 Å². The normalized spacial score (nSPS) is 13.8. The second-order valence-electron chi connectivity index (χ2n) is 5.94. The molecule has 0 atom stereocenters. The van der Waals surface area contributed by atoms with Gasteiger partial charge in [0.2, 0.25) is 0 Å². The molecular formula is C18H21FN4O. The molecule has 1 aromatic heterocycles. The Balaban J connectivity index is 1.57. The number of halogens is 1. The van der Waals surface area contributed by atoms with Crippen molar-refractivity contribution in [3.63, 3.8) is 0 Å². The Morgan fingerprint density at radius 2 is 2.04 bits per heavy atom. The van der Waals surface area contributed by atoms with E-state index in [9.17, 15) is 9.18 Å². The number of benzene rings is 1. The molecule has 0 radical (unpaired) electrons. The molecule has 2 N–H and O–H groups in total. The van der Waals surface area contributed by atoms with Crippen LogP contribution in [0, 0.1) is 12.7 Å². The lowest BCUT2D eigenvalue weighted by Crippen LogP contribution is -2.28. The van der Waals surface area contributed by atoms with Gasteiger partial charge < -0.3 is 15.5 Å². The fourth-order valence-corrected chi connectivity index (χ4v) is 2.84. The van der Waals surface area contributed by atoms with Gasteiger partial charge in [0.25, 0.3) is 0 Å². The van der Waals surface area contributed by atoms with Crippen LogP contribution in [0.1, 0.15) is 24.2 Å². The largest absolute Gasteiger partial charge is 0.369 e. The van der Waals surface area contributed by atoms with Gasteiger partial charge in [-0.3, -0.25) is 4.98 Å². The maximum absolute atomic E-state index is 14.2. The Bertz CT molecular complexity index is 729. The third kappa shape index (κ3) is 4.01. The highest BCUT2D eigenvalue weighted by atomic mass is 19.1. The van der Waals surface area contributed by atoms with Crippen LogP contribution in [0.4, 0.5) is 20.6 Å². The van der Waals surface area contributed by atoms with Gasteiger partial charge in [-0.1, -0.05) is 6.07 Å². The van der Waals surface area contributed by atoms with E-state index in [4.69, 9.17) is 0 Å². The van der Waals surface area contributed by atoms with Gasteiger partial charge in [0.15, 0.2) is 0 Å². The summed E-state index contributed by atoms with van der Waals surface area (Å²) in [7, 11) is 0. The summed E-state index contributed by atoms with van der Waals surface area (Å²) < 4.78 is 14.2. The van der Waals surface area contributed by atoms with Gasteiger partial charge in [0, 0.05) is 24.5 Å². The number of aryl methyl sites for hydroxylation is 1. The monoisotopic (exact) mass is 328 g/mol. The second-order valence-corrected chi connectivity index (χ2v) is 5.94. The number of carbonyl (C=O) groups is 1. The highest BCUT2D eigenvalue weighted by Gasteiger charge is 2.16. The zero-order valence-electron chi connectivity index (χ0n) is 13.7. The molecule has 1 saturated heterocycles. The number of rotatable bonds is 4. The third-order valence-electron chi connectivity index (χ3n) is 4.03. The first-order chi connectivity index (χ1) is 11.6. The van der Waals surface area contributed by atoms with E-state index in [2.05, 4.69) is 15.6 Å². The molecule has 1 fully saturated rings. The Hall–Kier alpha value is -2.63. The minimum Gasteiger partial charge on any atom is -0.369 e. The van der Waals surface area contributed by atoms with E-state index >= 15 is 0 Å². The molecule has 2 amide bonds. The summed E-state index contributed by atoms with van der Waals surface area (Å²) in [6, 6.07) is 10.1. The van der Waals surface area contributed by atoms with Crippen molar-refractivity contribution in [2.45, 2.75) is 26.3 Å². The van der Waals surface area contributed by atoms with Crippen molar-refractivity contribution in [2.75, 3.05) is 23.3 Å². The Morgan fingerprint density at radius 3 is 2.75 bits per heavy atom. The van der Waals surface area contributed by atoms with Crippen LogP contribution < -0.4 is 15.5 Å². The predicted molar refractivity (Wildman–Crippen MR) is 92.7 cm³/mol. The minimum atomic E-state index is -0.383. The van der Waals surface area contributed by atoms with E-state index in [1.807, 2.05) is 30.0 Å². The van der Waals surface area contributed by atoms with Gasteiger partial charge in [0.05, 0.1) is 17.9 Å². The first-order valence-corrected chi connectivity index (χ1v) is 8.14. The number of aromatic nitrogens is 1. The van der Waals surface area contributed by atoms with Gasteiger partial charge in [-0.05, 0) is 50.1 Å². The highest BCUT2D eigenvalue weighted by molar-refractivity contribution is 5.89. The lowest BCUT2D eigenvalue weighted by atomic mass is 10.2. The summed E-state index contributed by atoms with van der Waals surface area (Å²) in [5.41, 5.74) is 2.71. The molecule has 6 heteroatoms. The van der Waals surface area contributed by atoms with Crippen LogP contribution >= 0.6 is 0 Å². The van der Waals surface area contributed by atoms with E-state index in [0.717, 1.165) is 37.3 Å². The van der Waals surface area contributed by atoms with Crippen LogP contribution in [0.15, 0.2) is 36.4 Å². The molecule has 1 aliphatic heterocycles. The molecule has 1 aliphatic rings. The summed E-state index contributed by atoms with van der Waals surface area (Å²) in [6.45, 7) is 3.98. The molecule has 5 nitrogen and oxygen atoms in total. The van der Waals surface area contributed by atoms with E-state index < -0.39 is 0 Å². The number of hydrogen-bond acceptors (Lipinski definition) is 3. The standard InChI is InChI=1S/C18H21FN4O/c1-13-5-4-6-15(21-13)12-20-18(24)22-14-7-8-17(16(19)11-14)23-9-2-3-10-23/h4-8,11H,2-3,9-10,12H2,1H3,(H2,20,22,24). The number of amides is 2. The van der Waals surface area contributed by atoms with Gasteiger partial charge in [0.1, 0.15) is 5.82 Å². The van der Waals surface area contributed by atoms with Crippen molar-refractivity contribution < 1.29 is 9.18 Å². The van der Waals surface area contributed by atoms with Gasteiger partial charge in [-0.2, -0.15) is 0 Å². The molecule has 3 rings (SSSR count). The molecule has 0 saturated carbocycles. The first kappa shape index (κ1) is 16.2. The third-order valence-corrected chi connectivity index (χ3v) is 4.03. The lowest BCUT2D eigenvalue weighted by Gasteiger charge is -2.19. The predicted octanol–water partition coefficient (Wildman–Crippen LogP) is 3.45. The molecule has 126 valence electrons. The van der Waals surface area contributed by atoms with Crippen molar-refractivity contribution >= 4 is 17.4 Å². The van der Waals surface area contributed by atoms with Crippen LogP contribution in [0.5, 0.6) is 0 Å². The Kier molecular flexibility index (Phi) is 4.93. The van der Waals surface area contributed by atoms with Crippen LogP contribution in [-0.4, -0.2) is 24.1 Å². The van der Waals surface area contributed by atoms with E-state index in [1.54, 1.807) is 12.1 Å². The molecule has 0 aliphatic carbocycles. The van der Waals surface area contributed by atoms with Crippen LogP contribution in [0.25, 0.3) is 0 Å². The fourth-order valence-electron chi connectivity index (χ4n) is 2.84. The zero-order valence-corrected chi connectivity index (χ0v) is 13.7. The maximum atomic E-state index is 14.2. The summed E-state index contributed by atoms with van der Waals surface area (Å²) in [4.78, 5) is 18.3. The number of anilines is 2. The SMILES string of the molecule is Cc1cccc(CNC(=O)Nc2ccc(N3CCCC3)c(F)c2)n1. The summed E-state index contributed by atoms with van der Waals surface area (Å²) in [6.07, 6.45) is 2.18. The summed E-state index contributed by atoms with van der Waals surface area (Å²) in [5.74, 6) is -0.310. The highest BCUT2D eigenvalue weighted by Crippen LogP contribution is 2.25. The lowest BCUT2D eigenvalue weighted by molar-refractivity contribution is 0.251. The molecule has 0 bridgehead atoms. The molecule has 0 unspecified atom stereocenters. The van der Waals surface area contributed by atoms with Crippen LogP contribution in [0.3, 0.4) is 0 Å². The average Bonchev–Trinajstić information content (AvgIpc) is 3.07. The summed E-state index contributed by atoms with van der Waals surface area (Å²) >= 11 is 0.